The van der Waals surface area contributed by atoms with E-state index in [2.05, 4.69) is 15.9 Å². The van der Waals surface area contributed by atoms with E-state index in [1.807, 2.05) is 0 Å². The van der Waals surface area contributed by atoms with Gasteiger partial charge >= 0.3 is 0 Å². The summed E-state index contributed by atoms with van der Waals surface area (Å²) in [6.07, 6.45) is 2.28. The third-order valence-corrected chi connectivity index (χ3v) is 2.82. The number of carbonyl (C=O) groups is 1. The third-order valence-electron chi connectivity index (χ3n) is 2.18. The first-order chi connectivity index (χ1) is 6.65. The van der Waals surface area contributed by atoms with Gasteiger partial charge < -0.3 is 4.57 Å². The van der Waals surface area contributed by atoms with Crippen LogP contribution in [0.1, 0.15) is 10.4 Å². The summed E-state index contributed by atoms with van der Waals surface area (Å²) in [5, 5.41) is 0.372. The number of aldehydes is 1. The average molecular weight is 256 g/mol. The zero-order valence-electron chi connectivity index (χ0n) is 7.42. The van der Waals surface area contributed by atoms with Crippen molar-refractivity contribution in [1.82, 2.24) is 4.57 Å². The van der Waals surface area contributed by atoms with Gasteiger partial charge in [-0.2, -0.15) is 0 Å². The van der Waals surface area contributed by atoms with E-state index in [1.54, 1.807) is 23.9 Å². The van der Waals surface area contributed by atoms with E-state index in [0.29, 0.717) is 22.8 Å². The normalized spacial score (nSPS) is 10.8. The number of hydrogen-bond donors (Lipinski definition) is 0. The number of aryl methyl sites for hydroxylation is 1. The highest BCUT2D eigenvalue weighted by Crippen LogP contribution is 2.29. The molecule has 0 saturated heterocycles. The SMILES string of the molecule is Cn1cc(C=O)c2c(F)ccc(Br)c21. The smallest absolute Gasteiger partial charge is 0.152 e. The summed E-state index contributed by atoms with van der Waals surface area (Å²) in [6.45, 7) is 0. The first-order valence-corrected chi connectivity index (χ1v) is 4.82. The lowest BCUT2D eigenvalue weighted by atomic mass is 10.2. The van der Waals surface area contributed by atoms with Gasteiger partial charge in [-0.1, -0.05) is 0 Å². The van der Waals surface area contributed by atoms with Crippen molar-refractivity contribution >= 4 is 33.1 Å². The molecule has 2 rings (SSSR count). The highest BCUT2D eigenvalue weighted by atomic mass is 79.9. The van der Waals surface area contributed by atoms with Crippen molar-refractivity contribution in [3.8, 4) is 0 Å². The Morgan fingerprint density at radius 3 is 2.86 bits per heavy atom. The Labute approximate surface area is 88.5 Å². The zero-order valence-corrected chi connectivity index (χ0v) is 9.01. The number of hydrogen-bond acceptors (Lipinski definition) is 1. The Bertz CT molecular complexity index is 518. The molecule has 0 aliphatic rings. The average Bonchev–Trinajstić information content (AvgIpc) is 2.50. The van der Waals surface area contributed by atoms with E-state index in [0.717, 1.165) is 4.47 Å². The van der Waals surface area contributed by atoms with Gasteiger partial charge in [-0.15, -0.1) is 0 Å². The van der Waals surface area contributed by atoms with Gasteiger partial charge in [0.15, 0.2) is 6.29 Å². The van der Waals surface area contributed by atoms with Crippen molar-refractivity contribution in [2.75, 3.05) is 0 Å². The molecule has 0 radical (unpaired) electrons. The Balaban J connectivity index is 3.02. The van der Waals surface area contributed by atoms with Crippen molar-refractivity contribution < 1.29 is 9.18 Å². The van der Waals surface area contributed by atoms with Crippen molar-refractivity contribution in [2.24, 2.45) is 7.05 Å². The Hall–Kier alpha value is -1.16. The van der Waals surface area contributed by atoms with Gasteiger partial charge in [0.25, 0.3) is 0 Å². The molecule has 72 valence electrons. The van der Waals surface area contributed by atoms with Crippen LogP contribution >= 0.6 is 15.9 Å². The predicted octanol–water partition coefficient (Wildman–Crippen LogP) is 2.89. The van der Waals surface area contributed by atoms with E-state index < -0.39 is 0 Å². The number of aromatic nitrogens is 1. The highest BCUT2D eigenvalue weighted by Gasteiger charge is 2.12. The molecule has 0 spiro atoms. The molecule has 0 unspecified atom stereocenters. The highest BCUT2D eigenvalue weighted by molar-refractivity contribution is 9.10. The molecule has 1 heterocycles. The monoisotopic (exact) mass is 255 g/mol. The first kappa shape index (κ1) is 9.40. The van der Waals surface area contributed by atoms with Crippen molar-refractivity contribution in [3.63, 3.8) is 0 Å². The molecule has 0 atom stereocenters. The summed E-state index contributed by atoms with van der Waals surface area (Å²) < 4.78 is 15.9. The van der Waals surface area contributed by atoms with Crippen molar-refractivity contribution in [3.05, 3.63) is 34.2 Å². The number of halogens is 2. The molecule has 4 heteroatoms. The molecule has 0 aliphatic carbocycles. The molecule has 0 fully saturated rings. The second-order valence-electron chi connectivity index (χ2n) is 3.07. The zero-order chi connectivity index (χ0) is 10.3. The van der Waals surface area contributed by atoms with Crippen LogP contribution in [0.4, 0.5) is 4.39 Å². The molecule has 0 saturated carbocycles. The van der Waals surface area contributed by atoms with Crippen LogP contribution in [0.25, 0.3) is 10.9 Å². The Morgan fingerprint density at radius 1 is 1.50 bits per heavy atom. The summed E-state index contributed by atoms with van der Waals surface area (Å²) in [5.74, 6) is -0.370. The minimum Gasteiger partial charge on any atom is -0.349 e. The van der Waals surface area contributed by atoms with Gasteiger partial charge in [-0.25, -0.2) is 4.39 Å². The minimum absolute atomic E-state index is 0.370. The fourth-order valence-electron chi connectivity index (χ4n) is 1.59. The van der Waals surface area contributed by atoms with Crippen LogP contribution in [0.5, 0.6) is 0 Å². The standard InChI is InChI=1S/C10H7BrFNO/c1-13-4-6(5-14)9-8(12)3-2-7(11)10(9)13/h2-5H,1H3. The summed E-state index contributed by atoms with van der Waals surface area (Å²) in [4.78, 5) is 10.7. The van der Waals surface area contributed by atoms with E-state index in [4.69, 9.17) is 0 Å². The summed E-state index contributed by atoms with van der Waals surface area (Å²) in [5.41, 5.74) is 1.08. The largest absolute Gasteiger partial charge is 0.349 e. The van der Waals surface area contributed by atoms with E-state index in [9.17, 15) is 9.18 Å². The van der Waals surface area contributed by atoms with Gasteiger partial charge in [0.05, 0.1) is 5.52 Å². The fraction of sp³-hybridized carbons (Fsp3) is 0.100. The van der Waals surface area contributed by atoms with Gasteiger partial charge in [-0.3, -0.25) is 4.79 Å². The number of nitrogens with zero attached hydrogens (tertiary/aromatic N) is 1. The second-order valence-corrected chi connectivity index (χ2v) is 3.92. The first-order valence-electron chi connectivity index (χ1n) is 4.03. The molecule has 0 amide bonds. The van der Waals surface area contributed by atoms with Crippen LogP contribution in [0.3, 0.4) is 0 Å². The molecule has 0 bridgehead atoms. The van der Waals surface area contributed by atoms with Gasteiger partial charge in [0.1, 0.15) is 5.82 Å². The quantitative estimate of drug-likeness (QED) is 0.719. The van der Waals surface area contributed by atoms with Crippen LogP contribution in [0.15, 0.2) is 22.8 Å². The van der Waals surface area contributed by atoms with Crippen molar-refractivity contribution in [2.45, 2.75) is 0 Å². The molecular weight excluding hydrogens is 249 g/mol. The molecule has 0 N–H and O–H groups in total. The van der Waals surface area contributed by atoms with Crippen LogP contribution < -0.4 is 0 Å². The number of fused-ring (bicyclic) bond motifs is 1. The molecule has 2 nitrogen and oxygen atoms in total. The molecular formula is C10H7BrFNO. The molecule has 1 aromatic heterocycles. The molecule has 1 aromatic carbocycles. The van der Waals surface area contributed by atoms with Crippen LogP contribution in [-0.2, 0) is 7.05 Å². The van der Waals surface area contributed by atoms with E-state index in [1.165, 1.54) is 6.07 Å². The van der Waals surface area contributed by atoms with Crippen LogP contribution in [0.2, 0.25) is 0 Å². The molecule has 2 aromatic rings. The Kier molecular flexibility index (Phi) is 2.15. The van der Waals surface area contributed by atoms with Crippen LogP contribution in [-0.4, -0.2) is 10.9 Å². The van der Waals surface area contributed by atoms with E-state index in [-0.39, 0.29) is 5.82 Å². The molecule has 0 aliphatic heterocycles. The van der Waals surface area contributed by atoms with E-state index >= 15 is 0 Å². The maximum absolute atomic E-state index is 13.4. The maximum Gasteiger partial charge on any atom is 0.152 e. The lowest BCUT2D eigenvalue weighted by Crippen LogP contribution is -1.86. The predicted molar refractivity (Wildman–Crippen MR) is 56.0 cm³/mol. The lowest BCUT2D eigenvalue weighted by molar-refractivity contribution is 0.112. The van der Waals surface area contributed by atoms with Gasteiger partial charge in [-0.05, 0) is 28.1 Å². The number of carbonyl (C=O) groups excluding carboxylic acids is 1. The van der Waals surface area contributed by atoms with Gasteiger partial charge in [0, 0.05) is 28.7 Å². The second kappa shape index (κ2) is 3.20. The summed E-state index contributed by atoms with van der Waals surface area (Å²) in [6, 6.07) is 2.98. The lowest BCUT2D eigenvalue weighted by Gasteiger charge is -1.99. The van der Waals surface area contributed by atoms with Crippen LogP contribution in [0, 0.1) is 5.82 Å². The summed E-state index contributed by atoms with van der Waals surface area (Å²) >= 11 is 3.32. The maximum atomic E-state index is 13.4. The minimum atomic E-state index is -0.370. The fourth-order valence-corrected chi connectivity index (χ4v) is 2.20. The topological polar surface area (TPSA) is 22.0 Å². The third kappa shape index (κ3) is 1.18. The molecule has 14 heavy (non-hydrogen) atoms. The number of benzene rings is 1. The van der Waals surface area contributed by atoms with Gasteiger partial charge in [0.2, 0.25) is 0 Å². The Morgan fingerprint density at radius 2 is 2.21 bits per heavy atom. The van der Waals surface area contributed by atoms with Crippen molar-refractivity contribution in [1.29, 1.82) is 0 Å². The number of rotatable bonds is 1. The summed E-state index contributed by atoms with van der Waals surface area (Å²) in [7, 11) is 1.78.